The molecule has 0 saturated heterocycles. The molecule has 1 N–H and O–H groups in total. The van der Waals surface area contributed by atoms with Crippen LogP contribution in [0.2, 0.25) is 0 Å². The molecule has 0 atom stereocenters. The summed E-state index contributed by atoms with van der Waals surface area (Å²) in [5.41, 5.74) is -1.45. The average molecular weight is 163 g/mol. The number of rotatable bonds is 3. The first-order valence-electron chi connectivity index (χ1n) is 3.55. The van der Waals surface area contributed by atoms with Crippen molar-refractivity contribution in [2.45, 2.75) is 26.4 Å². The summed E-state index contributed by atoms with van der Waals surface area (Å²) < 4.78 is 17.2. The molecule has 0 spiro atoms. The second-order valence-corrected chi connectivity index (χ2v) is 2.83. The first-order valence-corrected chi connectivity index (χ1v) is 3.55. The van der Waals surface area contributed by atoms with Gasteiger partial charge in [-0.2, -0.15) is 0 Å². The predicted molar refractivity (Wildman–Crippen MR) is 40.2 cm³/mol. The fraction of sp³-hybridized carbons (Fsp3) is 0.857. The van der Waals surface area contributed by atoms with Crippen LogP contribution in [-0.4, -0.2) is 24.9 Å². The van der Waals surface area contributed by atoms with Gasteiger partial charge in [0.25, 0.3) is 0 Å². The van der Waals surface area contributed by atoms with Crippen LogP contribution in [-0.2, 0) is 4.74 Å². The lowest BCUT2D eigenvalue weighted by Gasteiger charge is -2.13. The summed E-state index contributed by atoms with van der Waals surface area (Å²) in [4.78, 5) is 10.6. The van der Waals surface area contributed by atoms with E-state index in [0.29, 0.717) is 6.54 Å². The molecule has 0 aromatic heterocycles. The van der Waals surface area contributed by atoms with Crippen molar-refractivity contribution in [1.29, 1.82) is 0 Å². The molecule has 0 aromatic carbocycles. The van der Waals surface area contributed by atoms with E-state index in [1.807, 2.05) is 0 Å². The zero-order chi connectivity index (χ0) is 8.91. The second kappa shape index (κ2) is 4.16. The summed E-state index contributed by atoms with van der Waals surface area (Å²) in [6.45, 7) is 4.75. The average Bonchev–Trinajstić information content (AvgIpc) is 1.83. The van der Waals surface area contributed by atoms with E-state index in [-0.39, 0.29) is 6.61 Å². The molecule has 0 saturated carbocycles. The minimum Gasteiger partial charge on any atom is -0.446 e. The monoisotopic (exact) mass is 163 g/mol. The highest BCUT2D eigenvalue weighted by molar-refractivity contribution is 5.66. The van der Waals surface area contributed by atoms with Crippen LogP contribution >= 0.6 is 0 Å². The minimum atomic E-state index is -1.45. The van der Waals surface area contributed by atoms with Gasteiger partial charge in [0, 0.05) is 6.54 Å². The summed E-state index contributed by atoms with van der Waals surface area (Å²) in [6, 6.07) is 0. The van der Waals surface area contributed by atoms with Crippen molar-refractivity contribution in [2.75, 3.05) is 13.2 Å². The van der Waals surface area contributed by atoms with Crippen molar-refractivity contribution in [3.8, 4) is 0 Å². The third kappa shape index (κ3) is 7.09. The van der Waals surface area contributed by atoms with E-state index in [1.165, 1.54) is 13.8 Å². The lowest BCUT2D eigenvalue weighted by atomic mass is 10.2. The van der Waals surface area contributed by atoms with Crippen molar-refractivity contribution in [1.82, 2.24) is 5.32 Å². The summed E-state index contributed by atoms with van der Waals surface area (Å²) in [5, 5.41) is 2.39. The number of hydrogen-bond donors (Lipinski definition) is 1. The van der Waals surface area contributed by atoms with Crippen LogP contribution in [0.5, 0.6) is 0 Å². The molecule has 11 heavy (non-hydrogen) atoms. The molecule has 0 aliphatic rings. The Bertz CT molecular complexity index is 131. The molecule has 0 radical (unpaired) electrons. The third-order valence-corrected chi connectivity index (χ3v) is 0.868. The number of alkyl carbamates (subject to hydrolysis) is 1. The number of carbonyl (C=O) groups excluding carboxylic acids is 1. The van der Waals surface area contributed by atoms with E-state index < -0.39 is 11.8 Å². The molecule has 4 heteroatoms. The molecular formula is C7H14FNO2. The number of alkyl halides is 1. The standard InChI is InChI=1S/C7H14FNO2/c1-4-9-6(10)11-5-7(2,3)8/h4-5H2,1-3H3,(H,9,10). The van der Waals surface area contributed by atoms with Gasteiger partial charge in [-0.15, -0.1) is 0 Å². The highest BCUT2D eigenvalue weighted by Gasteiger charge is 2.17. The normalized spacial score (nSPS) is 10.9. The maximum Gasteiger partial charge on any atom is 0.407 e. The van der Waals surface area contributed by atoms with E-state index in [0.717, 1.165) is 0 Å². The number of hydrogen-bond acceptors (Lipinski definition) is 2. The largest absolute Gasteiger partial charge is 0.446 e. The predicted octanol–water partition coefficient (Wildman–Crippen LogP) is 1.48. The second-order valence-electron chi connectivity index (χ2n) is 2.83. The number of nitrogens with one attached hydrogen (secondary N) is 1. The Morgan fingerprint density at radius 3 is 2.55 bits per heavy atom. The van der Waals surface area contributed by atoms with Gasteiger partial charge in [0.15, 0.2) is 0 Å². The van der Waals surface area contributed by atoms with E-state index in [4.69, 9.17) is 0 Å². The molecule has 0 fully saturated rings. The molecular weight excluding hydrogens is 149 g/mol. The topological polar surface area (TPSA) is 38.3 Å². The molecule has 0 bridgehead atoms. The van der Waals surface area contributed by atoms with E-state index >= 15 is 0 Å². The number of amides is 1. The van der Waals surface area contributed by atoms with Gasteiger partial charge in [-0.1, -0.05) is 0 Å². The van der Waals surface area contributed by atoms with Crippen LogP contribution in [0.25, 0.3) is 0 Å². The zero-order valence-electron chi connectivity index (χ0n) is 7.11. The maximum absolute atomic E-state index is 12.7. The van der Waals surface area contributed by atoms with Crippen molar-refractivity contribution in [2.24, 2.45) is 0 Å². The zero-order valence-corrected chi connectivity index (χ0v) is 7.11. The Kier molecular flexibility index (Phi) is 3.85. The smallest absolute Gasteiger partial charge is 0.407 e. The summed E-state index contributed by atoms with van der Waals surface area (Å²) in [7, 11) is 0. The third-order valence-electron chi connectivity index (χ3n) is 0.868. The highest BCUT2D eigenvalue weighted by atomic mass is 19.1. The molecule has 0 rings (SSSR count). The van der Waals surface area contributed by atoms with Crippen molar-refractivity contribution in [3.63, 3.8) is 0 Å². The molecule has 0 aromatic rings. The quantitative estimate of drug-likeness (QED) is 0.684. The summed E-state index contributed by atoms with van der Waals surface area (Å²) in [5.74, 6) is 0. The fourth-order valence-corrected chi connectivity index (χ4v) is 0.433. The van der Waals surface area contributed by atoms with Crippen LogP contribution in [0.1, 0.15) is 20.8 Å². The van der Waals surface area contributed by atoms with E-state index in [9.17, 15) is 9.18 Å². The van der Waals surface area contributed by atoms with Crippen molar-refractivity contribution >= 4 is 6.09 Å². The van der Waals surface area contributed by atoms with Gasteiger partial charge in [-0.25, -0.2) is 9.18 Å². The Labute approximate surface area is 65.9 Å². The lowest BCUT2D eigenvalue weighted by Crippen LogP contribution is -2.29. The van der Waals surface area contributed by atoms with Gasteiger partial charge in [-0.05, 0) is 20.8 Å². The maximum atomic E-state index is 12.7. The molecule has 0 heterocycles. The molecule has 0 aliphatic carbocycles. The van der Waals surface area contributed by atoms with Crippen molar-refractivity contribution < 1.29 is 13.9 Å². The first kappa shape index (κ1) is 10.2. The summed E-state index contributed by atoms with van der Waals surface area (Å²) in [6.07, 6.45) is -0.571. The van der Waals surface area contributed by atoms with Crippen LogP contribution in [0, 0.1) is 0 Å². The van der Waals surface area contributed by atoms with Crippen molar-refractivity contribution in [3.05, 3.63) is 0 Å². The lowest BCUT2D eigenvalue weighted by molar-refractivity contribution is 0.0720. The number of ether oxygens (including phenoxy) is 1. The van der Waals surface area contributed by atoms with Crippen LogP contribution < -0.4 is 5.32 Å². The summed E-state index contributed by atoms with van der Waals surface area (Å²) >= 11 is 0. The first-order chi connectivity index (χ1) is 4.95. The van der Waals surface area contributed by atoms with Crippen LogP contribution in [0.15, 0.2) is 0 Å². The van der Waals surface area contributed by atoms with E-state index in [1.54, 1.807) is 6.92 Å². The Balaban J connectivity index is 3.46. The number of carbonyl (C=O) groups is 1. The number of halogens is 1. The van der Waals surface area contributed by atoms with Gasteiger partial charge < -0.3 is 10.1 Å². The fourth-order valence-electron chi connectivity index (χ4n) is 0.433. The van der Waals surface area contributed by atoms with Gasteiger partial charge in [0.05, 0.1) is 0 Å². The van der Waals surface area contributed by atoms with Gasteiger partial charge in [0.2, 0.25) is 0 Å². The van der Waals surface area contributed by atoms with Crippen LogP contribution in [0.4, 0.5) is 9.18 Å². The molecule has 66 valence electrons. The molecule has 3 nitrogen and oxygen atoms in total. The Morgan fingerprint density at radius 2 is 2.18 bits per heavy atom. The van der Waals surface area contributed by atoms with Gasteiger partial charge in [0.1, 0.15) is 12.3 Å². The van der Waals surface area contributed by atoms with E-state index in [2.05, 4.69) is 10.1 Å². The SMILES string of the molecule is CCNC(=O)OCC(C)(C)F. The van der Waals surface area contributed by atoms with Gasteiger partial charge >= 0.3 is 6.09 Å². The minimum absolute atomic E-state index is 0.209. The van der Waals surface area contributed by atoms with Gasteiger partial charge in [-0.3, -0.25) is 0 Å². The van der Waals surface area contributed by atoms with Crippen LogP contribution in [0.3, 0.4) is 0 Å². The molecule has 0 aliphatic heterocycles. The molecule has 0 unspecified atom stereocenters. The molecule has 1 amide bonds. The Morgan fingerprint density at radius 1 is 1.64 bits per heavy atom. The highest BCUT2D eigenvalue weighted by Crippen LogP contribution is 2.07. The Hall–Kier alpha value is -0.800.